The SMILES string of the molecule is O=C(Nc1ccc(F)cc1F)c1ccc2c(c1)c1c(n2CCCNCc2ccccc2)CCCC1. The molecule has 0 unspecified atom stereocenters. The second-order valence-corrected chi connectivity index (χ2v) is 9.11. The van der Waals surface area contributed by atoms with Gasteiger partial charge in [0.05, 0.1) is 5.69 Å². The molecule has 0 spiro atoms. The van der Waals surface area contributed by atoms with Crippen molar-refractivity contribution in [2.45, 2.75) is 45.2 Å². The summed E-state index contributed by atoms with van der Waals surface area (Å²) in [4.78, 5) is 12.8. The summed E-state index contributed by atoms with van der Waals surface area (Å²) in [7, 11) is 0. The molecule has 0 bridgehead atoms. The average Bonchev–Trinajstić information content (AvgIpc) is 3.19. The minimum atomic E-state index is -0.788. The number of hydrogen-bond acceptors (Lipinski definition) is 2. The van der Waals surface area contributed by atoms with Crippen molar-refractivity contribution in [3.63, 3.8) is 0 Å². The van der Waals surface area contributed by atoms with E-state index in [-0.39, 0.29) is 5.69 Å². The Kier molecular flexibility index (Phi) is 6.91. The molecule has 0 saturated carbocycles. The van der Waals surface area contributed by atoms with Crippen LogP contribution in [0.3, 0.4) is 0 Å². The maximum absolute atomic E-state index is 14.0. The van der Waals surface area contributed by atoms with Crippen LogP contribution in [0.4, 0.5) is 14.5 Å². The Labute approximate surface area is 204 Å². The van der Waals surface area contributed by atoms with E-state index in [1.807, 2.05) is 18.2 Å². The minimum absolute atomic E-state index is 0.0286. The summed E-state index contributed by atoms with van der Waals surface area (Å²) in [6.07, 6.45) is 5.37. The molecule has 2 N–H and O–H groups in total. The summed E-state index contributed by atoms with van der Waals surface area (Å²) in [5.74, 6) is -1.87. The summed E-state index contributed by atoms with van der Waals surface area (Å²) in [6.45, 7) is 2.70. The number of rotatable bonds is 8. The lowest BCUT2D eigenvalue weighted by atomic mass is 9.95. The van der Waals surface area contributed by atoms with Gasteiger partial charge in [0.1, 0.15) is 11.6 Å². The molecule has 180 valence electrons. The van der Waals surface area contributed by atoms with Crippen molar-refractivity contribution in [3.8, 4) is 0 Å². The third-order valence-corrected chi connectivity index (χ3v) is 6.73. The molecule has 0 aliphatic heterocycles. The van der Waals surface area contributed by atoms with Gasteiger partial charge in [0.25, 0.3) is 5.91 Å². The van der Waals surface area contributed by atoms with Gasteiger partial charge >= 0.3 is 0 Å². The molecule has 1 heterocycles. The largest absolute Gasteiger partial charge is 0.344 e. The van der Waals surface area contributed by atoms with Gasteiger partial charge in [-0.1, -0.05) is 30.3 Å². The maximum Gasteiger partial charge on any atom is 0.255 e. The topological polar surface area (TPSA) is 46.1 Å². The maximum atomic E-state index is 14.0. The molecule has 1 amide bonds. The lowest BCUT2D eigenvalue weighted by Gasteiger charge is -2.16. The zero-order valence-corrected chi connectivity index (χ0v) is 19.6. The highest BCUT2D eigenvalue weighted by atomic mass is 19.1. The number of halogens is 2. The standard InChI is InChI=1S/C29H29F2N3O/c30-22-12-13-26(25(31)18-22)33-29(35)21-11-14-28-24(17-21)23-9-4-5-10-27(23)34(28)16-6-15-32-19-20-7-2-1-3-8-20/h1-3,7-8,11-14,17-18,32H,4-6,9-10,15-16,19H2,(H,33,35). The van der Waals surface area contributed by atoms with Gasteiger partial charge in [-0.3, -0.25) is 4.79 Å². The molecular weight excluding hydrogens is 444 g/mol. The van der Waals surface area contributed by atoms with Crippen molar-refractivity contribution in [1.82, 2.24) is 9.88 Å². The molecule has 4 nitrogen and oxygen atoms in total. The molecule has 0 fully saturated rings. The highest BCUT2D eigenvalue weighted by Crippen LogP contribution is 2.33. The molecule has 6 heteroatoms. The Morgan fingerprint density at radius 3 is 2.60 bits per heavy atom. The fourth-order valence-electron chi connectivity index (χ4n) is 5.01. The Hall–Kier alpha value is -3.51. The van der Waals surface area contributed by atoms with E-state index in [4.69, 9.17) is 0 Å². The van der Waals surface area contributed by atoms with E-state index >= 15 is 0 Å². The predicted octanol–water partition coefficient (Wildman–Crippen LogP) is 6.23. The average molecular weight is 474 g/mol. The van der Waals surface area contributed by atoms with Crippen molar-refractivity contribution in [2.24, 2.45) is 0 Å². The molecule has 1 aliphatic carbocycles. The van der Waals surface area contributed by atoms with E-state index in [0.717, 1.165) is 68.4 Å². The second-order valence-electron chi connectivity index (χ2n) is 9.11. The monoisotopic (exact) mass is 473 g/mol. The number of carbonyl (C=O) groups excluding carboxylic acids is 1. The fourth-order valence-corrected chi connectivity index (χ4v) is 5.01. The molecular formula is C29H29F2N3O. The summed E-state index contributed by atoms with van der Waals surface area (Å²) in [5, 5.41) is 7.20. The highest BCUT2D eigenvalue weighted by molar-refractivity contribution is 6.06. The Bertz CT molecular complexity index is 1350. The van der Waals surface area contributed by atoms with Crippen LogP contribution in [-0.4, -0.2) is 17.0 Å². The van der Waals surface area contributed by atoms with E-state index in [2.05, 4.69) is 39.5 Å². The van der Waals surface area contributed by atoms with Gasteiger partial charge in [0.2, 0.25) is 0 Å². The smallest absolute Gasteiger partial charge is 0.255 e. The molecule has 5 rings (SSSR count). The van der Waals surface area contributed by atoms with Crippen molar-refractivity contribution in [3.05, 3.63) is 101 Å². The Morgan fingerprint density at radius 1 is 0.943 bits per heavy atom. The number of fused-ring (bicyclic) bond motifs is 3. The third kappa shape index (κ3) is 5.13. The van der Waals surface area contributed by atoms with Crippen LogP contribution in [0.1, 0.15) is 46.4 Å². The van der Waals surface area contributed by atoms with Crippen LogP contribution in [0.5, 0.6) is 0 Å². The van der Waals surface area contributed by atoms with Crippen LogP contribution in [0, 0.1) is 11.6 Å². The van der Waals surface area contributed by atoms with Crippen molar-refractivity contribution in [1.29, 1.82) is 0 Å². The number of hydrogen-bond donors (Lipinski definition) is 2. The summed E-state index contributed by atoms with van der Waals surface area (Å²) in [6, 6.07) is 19.2. The van der Waals surface area contributed by atoms with E-state index < -0.39 is 17.5 Å². The Balaban J connectivity index is 1.32. The summed E-state index contributed by atoms with van der Waals surface area (Å²) < 4.78 is 29.6. The first kappa shape index (κ1) is 23.2. The number of amides is 1. The molecule has 35 heavy (non-hydrogen) atoms. The van der Waals surface area contributed by atoms with Gasteiger partial charge < -0.3 is 15.2 Å². The van der Waals surface area contributed by atoms with Gasteiger partial charge in [-0.25, -0.2) is 8.78 Å². The Morgan fingerprint density at radius 2 is 1.77 bits per heavy atom. The van der Waals surface area contributed by atoms with Gasteiger partial charge in [0.15, 0.2) is 0 Å². The van der Waals surface area contributed by atoms with E-state index in [0.29, 0.717) is 5.56 Å². The second kappa shape index (κ2) is 10.4. The predicted molar refractivity (Wildman–Crippen MR) is 136 cm³/mol. The third-order valence-electron chi connectivity index (χ3n) is 6.73. The number of aromatic nitrogens is 1. The first-order valence-electron chi connectivity index (χ1n) is 12.3. The van der Waals surface area contributed by atoms with Crippen molar-refractivity contribution in [2.75, 3.05) is 11.9 Å². The van der Waals surface area contributed by atoms with Gasteiger partial charge in [0, 0.05) is 41.3 Å². The van der Waals surface area contributed by atoms with Crippen LogP contribution in [0.25, 0.3) is 10.9 Å². The van der Waals surface area contributed by atoms with Crippen LogP contribution in [-0.2, 0) is 25.9 Å². The highest BCUT2D eigenvalue weighted by Gasteiger charge is 2.21. The number of aryl methyl sites for hydroxylation is 2. The quantitative estimate of drug-likeness (QED) is 0.298. The molecule has 0 radical (unpaired) electrons. The number of nitrogens with zero attached hydrogens (tertiary/aromatic N) is 1. The number of anilines is 1. The van der Waals surface area contributed by atoms with Crippen LogP contribution >= 0.6 is 0 Å². The summed E-state index contributed by atoms with van der Waals surface area (Å²) >= 11 is 0. The van der Waals surface area contributed by atoms with Gasteiger partial charge in [-0.05, 0) is 80.1 Å². The van der Waals surface area contributed by atoms with Crippen LogP contribution in [0.2, 0.25) is 0 Å². The fraction of sp³-hybridized carbons (Fsp3) is 0.276. The number of benzene rings is 3. The first-order valence-corrected chi connectivity index (χ1v) is 12.3. The number of nitrogens with one attached hydrogen (secondary N) is 2. The lowest BCUT2D eigenvalue weighted by Crippen LogP contribution is -2.17. The van der Waals surface area contributed by atoms with Crippen molar-refractivity contribution >= 4 is 22.5 Å². The number of carbonyl (C=O) groups is 1. The van der Waals surface area contributed by atoms with Gasteiger partial charge in [-0.15, -0.1) is 0 Å². The van der Waals surface area contributed by atoms with Gasteiger partial charge in [-0.2, -0.15) is 0 Å². The van der Waals surface area contributed by atoms with Crippen LogP contribution in [0.15, 0.2) is 66.7 Å². The zero-order valence-electron chi connectivity index (χ0n) is 19.6. The zero-order chi connectivity index (χ0) is 24.2. The van der Waals surface area contributed by atoms with Crippen LogP contribution < -0.4 is 10.6 Å². The van der Waals surface area contributed by atoms with E-state index in [1.165, 1.54) is 29.3 Å². The first-order chi connectivity index (χ1) is 17.1. The van der Waals surface area contributed by atoms with E-state index in [1.54, 1.807) is 6.07 Å². The lowest BCUT2D eigenvalue weighted by molar-refractivity contribution is 0.102. The minimum Gasteiger partial charge on any atom is -0.344 e. The van der Waals surface area contributed by atoms with Crippen molar-refractivity contribution < 1.29 is 13.6 Å². The molecule has 3 aromatic carbocycles. The molecule has 0 saturated heterocycles. The normalized spacial score (nSPS) is 13.1. The molecule has 0 atom stereocenters. The van der Waals surface area contributed by atoms with E-state index in [9.17, 15) is 13.6 Å². The molecule has 1 aromatic heterocycles. The molecule has 1 aliphatic rings. The molecule has 4 aromatic rings. The summed E-state index contributed by atoms with van der Waals surface area (Å²) in [5.41, 5.74) is 5.56.